The number of unbranched alkanes of at least 4 members (excludes halogenated alkanes) is 2. The number of hydrogen-bond donors (Lipinski definition) is 0. The van der Waals surface area contributed by atoms with Crippen molar-refractivity contribution in [3.8, 4) is 0 Å². The summed E-state index contributed by atoms with van der Waals surface area (Å²) in [5, 5.41) is 0. The predicted octanol–water partition coefficient (Wildman–Crippen LogP) is 2.42. The largest absolute Gasteiger partial charge is 0.379 e. The lowest BCUT2D eigenvalue weighted by Gasteiger charge is -2.05. The van der Waals surface area contributed by atoms with E-state index in [4.69, 9.17) is 4.74 Å². The summed E-state index contributed by atoms with van der Waals surface area (Å²) in [5.74, 6) is 0. The molecule has 0 fully saturated rings. The standard InChI is InChI=1S/C8H17O/c1-4-5-6-7-9-8(2)3/h8H,2,4-7H2,1,3H3/t8-/m0/s1. The average Bonchev–Trinajstić information content (AvgIpc) is 1.80. The van der Waals surface area contributed by atoms with Gasteiger partial charge in [-0.2, -0.15) is 0 Å². The van der Waals surface area contributed by atoms with E-state index in [1.165, 1.54) is 19.3 Å². The molecule has 0 aromatic heterocycles. The van der Waals surface area contributed by atoms with Gasteiger partial charge in [0.25, 0.3) is 0 Å². The normalized spacial score (nSPS) is 10.7. The highest BCUT2D eigenvalue weighted by molar-refractivity contribution is 4.49. The molecule has 0 unspecified atom stereocenters. The van der Waals surface area contributed by atoms with E-state index in [-0.39, 0.29) is 6.10 Å². The van der Waals surface area contributed by atoms with E-state index in [0.717, 1.165) is 6.61 Å². The lowest BCUT2D eigenvalue weighted by molar-refractivity contribution is 0.0924. The minimum absolute atomic E-state index is 0.154. The molecule has 0 aliphatic carbocycles. The molecule has 0 aromatic carbocycles. The summed E-state index contributed by atoms with van der Waals surface area (Å²) in [6.45, 7) is 8.74. The highest BCUT2D eigenvalue weighted by Gasteiger charge is 1.90. The first-order valence-electron chi connectivity index (χ1n) is 3.72. The van der Waals surface area contributed by atoms with Gasteiger partial charge in [0.15, 0.2) is 0 Å². The molecule has 9 heavy (non-hydrogen) atoms. The van der Waals surface area contributed by atoms with Crippen LogP contribution in [-0.2, 0) is 4.74 Å². The van der Waals surface area contributed by atoms with Gasteiger partial charge in [-0.25, -0.2) is 0 Å². The van der Waals surface area contributed by atoms with Crippen LogP contribution in [0.4, 0.5) is 0 Å². The predicted molar refractivity (Wildman–Crippen MR) is 40.3 cm³/mol. The number of rotatable bonds is 5. The first kappa shape index (κ1) is 8.96. The fourth-order valence-corrected chi connectivity index (χ4v) is 0.637. The molecule has 0 rings (SSSR count). The molecule has 1 nitrogen and oxygen atoms in total. The second-order valence-corrected chi connectivity index (χ2v) is 2.39. The summed E-state index contributed by atoms with van der Waals surface area (Å²) in [6, 6.07) is 0. The average molecular weight is 129 g/mol. The first-order chi connectivity index (χ1) is 4.27. The third-order valence-corrected chi connectivity index (χ3v) is 1.15. The van der Waals surface area contributed by atoms with E-state index < -0.39 is 0 Å². The highest BCUT2D eigenvalue weighted by atomic mass is 16.5. The van der Waals surface area contributed by atoms with Crippen LogP contribution in [0.5, 0.6) is 0 Å². The zero-order valence-corrected chi connectivity index (χ0v) is 6.52. The van der Waals surface area contributed by atoms with Gasteiger partial charge in [0, 0.05) is 6.61 Å². The van der Waals surface area contributed by atoms with Gasteiger partial charge in [-0.1, -0.05) is 19.8 Å². The van der Waals surface area contributed by atoms with E-state index in [1.807, 2.05) is 6.92 Å². The Labute approximate surface area is 58.4 Å². The monoisotopic (exact) mass is 129 g/mol. The SMILES string of the molecule is [CH2][C@@H](C)OCCCCC. The van der Waals surface area contributed by atoms with Crippen molar-refractivity contribution < 1.29 is 4.74 Å². The number of ether oxygens (including phenoxy) is 1. The Morgan fingerprint density at radius 1 is 1.44 bits per heavy atom. The summed E-state index contributed by atoms with van der Waals surface area (Å²) < 4.78 is 5.23. The van der Waals surface area contributed by atoms with E-state index in [0.29, 0.717) is 0 Å². The van der Waals surface area contributed by atoms with Crippen LogP contribution in [0.1, 0.15) is 33.1 Å². The van der Waals surface area contributed by atoms with Crippen LogP contribution < -0.4 is 0 Å². The van der Waals surface area contributed by atoms with Crippen molar-refractivity contribution in [2.45, 2.75) is 39.2 Å². The Balaban J connectivity index is 2.75. The first-order valence-corrected chi connectivity index (χ1v) is 3.72. The van der Waals surface area contributed by atoms with Crippen LogP contribution in [-0.4, -0.2) is 12.7 Å². The van der Waals surface area contributed by atoms with Gasteiger partial charge >= 0.3 is 0 Å². The fourth-order valence-electron chi connectivity index (χ4n) is 0.637. The second-order valence-electron chi connectivity index (χ2n) is 2.39. The van der Waals surface area contributed by atoms with Gasteiger partial charge in [0.2, 0.25) is 0 Å². The quantitative estimate of drug-likeness (QED) is 0.518. The molecule has 1 atom stereocenters. The Hall–Kier alpha value is -0.0400. The molecule has 0 amide bonds. The zero-order valence-electron chi connectivity index (χ0n) is 6.52. The summed E-state index contributed by atoms with van der Waals surface area (Å²) in [4.78, 5) is 0. The van der Waals surface area contributed by atoms with Crippen molar-refractivity contribution in [1.29, 1.82) is 0 Å². The van der Waals surface area contributed by atoms with E-state index in [2.05, 4.69) is 13.8 Å². The van der Waals surface area contributed by atoms with Gasteiger partial charge < -0.3 is 4.74 Å². The van der Waals surface area contributed by atoms with Gasteiger partial charge in [-0.05, 0) is 20.3 Å². The maximum absolute atomic E-state index is 5.23. The third kappa shape index (κ3) is 7.96. The third-order valence-electron chi connectivity index (χ3n) is 1.15. The Bertz CT molecular complexity index is 50.5. The summed E-state index contributed by atoms with van der Waals surface area (Å²) in [7, 11) is 0. The molecule has 1 radical (unpaired) electrons. The molecule has 0 spiro atoms. The Kier molecular flexibility index (Phi) is 6.06. The maximum Gasteiger partial charge on any atom is 0.0547 e. The molecule has 0 saturated heterocycles. The van der Waals surface area contributed by atoms with Crippen LogP contribution >= 0.6 is 0 Å². The highest BCUT2D eigenvalue weighted by Crippen LogP contribution is 1.96. The van der Waals surface area contributed by atoms with Crippen molar-refractivity contribution in [2.75, 3.05) is 6.61 Å². The van der Waals surface area contributed by atoms with E-state index in [9.17, 15) is 0 Å². The molecule has 0 heterocycles. The van der Waals surface area contributed by atoms with Crippen LogP contribution in [0.15, 0.2) is 0 Å². The molecular weight excluding hydrogens is 112 g/mol. The number of hydrogen-bond acceptors (Lipinski definition) is 1. The summed E-state index contributed by atoms with van der Waals surface area (Å²) in [5.41, 5.74) is 0. The molecule has 0 N–H and O–H groups in total. The van der Waals surface area contributed by atoms with Crippen molar-refractivity contribution in [1.82, 2.24) is 0 Å². The van der Waals surface area contributed by atoms with Crippen molar-refractivity contribution in [3.05, 3.63) is 6.92 Å². The van der Waals surface area contributed by atoms with Crippen LogP contribution in [0.25, 0.3) is 0 Å². The fraction of sp³-hybridized carbons (Fsp3) is 0.875. The minimum Gasteiger partial charge on any atom is -0.379 e. The summed E-state index contributed by atoms with van der Waals surface area (Å²) in [6.07, 6.45) is 3.86. The molecule has 0 saturated carbocycles. The van der Waals surface area contributed by atoms with Gasteiger partial charge in [-0.15, -0.1) is 0 Å². The Morgan fingerprint density at radius 3 is 2.56 bits per heavy atom. The minimum atomic E-state index is 0.154. The molecule has 0 aliphatic rings. The van der Waals surface area contributed by atoms with Gasteiger partial charge in [0.1, 0.15) is 0 Å². The van der Waals surface area contributed by atoms with Crippen LogP contribution in [0, 0.1) is 6.92 Å². The van der Waals surface area contributed by atoms with Crippen LogP contribution in [0.2, 0.25) is 0 Å². The van der Waals surface area contributed by atoms with Crippen LogP contribution in [0.3, 0.4) is 0 Å². The molecule has 55 valence electrons. The van der Waals surface area contributed by atoms with E-state index >= 15 is 0 Å². The molecular formula is C8H17O. The lowest BCUT2D eigenvalue weighted by atomic mass is 10.3. The molecule has 0 bridgehead atoms. The second kappa shape index (κ2) is 6.09. The summed E-state index contributed by atoms with van der Waals surface area (Å²) >= 11 is 0. The van der Waals surface area contributed by atoms with Gasteiger partial charge in [0.05, 0.1) is 6.10 Å². The molecule has 0 aliphatic heterocycles. The Morgan fingerprint density at radius 2 is 2.11 bits per heavy atom. The molecule has 0 aromatic rings. The molecule has 1 heteroatoms. The zero-order chi connectivity index (χ0) is 7.11. The maximum atomic E-state index is 5.23. The van der Waals surface area contributed by atoms with Gasteiger partial charge in [-0.3, -0.25) is 0 Å². The smallest absolute Gasteiger partial charge is 0.0547 e. The van der Waals surface area contributed by atoms with Crippen molar-refractivity contribution in [2.24, 2.45) is 0 Å². The van der Waals surface area contributed by atoms with E-state index in [1.54, 1.807) is 0 Å². The van der Waals surface area contributed by atoms with Crippen molar-refractivity contribution >= 4 is 0 Å². The lowest BCUT2D eigenvalue weighted by Crippen LogP contribution is -2.03. The van der Waals surface area contributed by atoms with Crippen molar-refractivity contribution in [3.63, 3.8) is 0 Å². The topological polar surface area (TPSA) is 9.23 Å².